The maximum absolute atomic E-state index is 10.9. The van der Waals surface area contributed by atoms with Crippen molar-refractivity contribution in [1.82, 2.24) is 10.2 Å². The Labute approximate surface area is 104 Å². The second-order valence-electron chi connectivity index (χ2n) is 4.75. The Morgan fingerprint density at radius 3 is 2.59 bits per heavy atom. The molecule has 102 valence electrons. The van der Waals surface area contributed by atoms with Gasteiger partial charge in [0.15, 0.2) is 0 Å². The first-order chi connectivity index (χ1) is 7.97. The summed E-state index contributed by atoms with van der Waals surface area (Å²) in [5, 5.41) is 3.36. The molecule has 0 aromatic carbocycles. The van der Waals surface area contributed by atoms with E-state index in [1.807, 2.05) is 0 Å². The predicted molar refractivity (Wildman–Crippen MR) is 69.1 cm³/mol. The van der Waals surface area contributed by atoms with Gasteiger partial charge in [-0.2, -0.15) is 0 Å². The minimum atomic E-state index is -2.82. The highest BCUT2D eigenvalue weighted by atomic mass is 32.2. The van der Waals surface area contributed by atoms with E-state index < -0.39 is 9.84 Å². The highest BCUT2D eigenvalue weighted by Gasteiger charge is 2.13. The van der Waals surface area contributed by atoms with Crippen LogP contribution in [-0.4, -0.2) is 70.8 Å². The van der Waals surface area contributed by atoms with Crippen LogP contribution in [-0.2, 0) is 14.6 Å². The van der Waals surface area contributed by atoms with Gasteiger partial charge in [-0.15, -0.1) is 0 Å². The van der Waals surface area contributed by atoms with Gasteiger partial charge in [-0.05, 0) is 19.9 Å². The number of morpholine rings is 1. The molecule has 1 rings (SSSR count). The van der Waals surface area contributed by atoms with Crippen molar-refractivity contribution in [2.75, 3.05) is 51.4 Å². The van der Waals surface area contributed by atoms with Crippen LogP contribution >= 0.6 is 0 Å². The molecule has 17 heavy (non-hydrogen) atoms. The van der Waals surface area contributed by atoms with Crippen molar-refractivity contribution in [3.63, 3.8) is 0 Å². The van der Waals surface area contributed by atoms with Crippen LogP contribution in [0.1, 0.15) is 13.3 Å². The molecule has 1 heterocycles. The van der Waals surface area contributed by atoms with Gasteiger partial charge in [0.2, 0.25) is 0 Å². The van der Waals surface area contributed by atoms with E-state index in [0.29, 0.717) is 12.5 Å². The molecular formula is C11H24N2O3S. The van der Waals surface area contributed by atoms with Crippen molar-refractivity contribution in [1.29, 1.82) is 0 Å². The minimum absolute atomic E-state index is 0.268. The van der Waals surface area contributed by atoms with Crippen molar-refractivity contribution in [3.05, 3.63) is 0 Å². The third kappa shape index (κ3) is 7.70. The summed E-state index contributed by atoms with van der Waals surface area (Å²) in [5.41, 5.74) is 0. The first-order valence-corrected chi connectivity index (χ1v) is 8.24. The molecule has 1 aliphatic heterocycles. The topological polar surface area (TPSA) is 58.6 Å². The molecule has 6 heteroatoms. The first-order valence-electron chi connectivity index (χ1n) is 6.18. The number of ether oxygens (including phenoxy) is 1. The lowest BCUT2D eigenvalue weighted by Crippen LogP contribution is -2.44. The average Bonchev–Trinajstić information content (AvgIpc) is 2.25. The van der Waals surface area contributed by atoms with E-state index in [-0.39, 0.29) is 5.75 Å². The Hall–Kier alpha value is -0.170. The van der Waals surface area contributed by atoms with Gasteiger partial charge in [-0.3, -0.25) is 4.90 Å². The smallest absolute Gasteiger partial charge is 0.147 e. The monoisotopic (exact) mass is 264 g/mol. The van der Waals surface area contributed by atoms with Crippen LogP contribution in [0.4, 0.5) is 0 Å². The molecule has 0 bridgehead atoms. The number of rotatable bonds is 7. The summed E-state index contributed by atoms with van der Waals surface area (Å²) in [4.78, 5) is 2.37. The Morgan fingerprint density at radius 2 is 2.00 bits per heavy atom. The van der Waals surface area contributed by atoms with Gasteiger partial charge < -0.3 is 10.1 Å². The largest absolute Gasteiger partial charge is 0.379 e. The molecule has 1 unspecified atom stereocenters. The molecule has 0 radical (unpaired) electrons. The highest BCUT2D eigenvalue weighted by molar-refractivity contribution is 7.90. The van der Waals surface area contributed by atoms with Crippen LogP contribution in [0.5, 0.6) is 0 Å². The van der Waals surface area contributed by atoms with Gasteiger partial charge in [-0.1, -0.05) is 0 Å². The molecule has 0 aliphatic carbocycles. The van der Waals surface area contributed by atoms with E-state index >= 15 is 0 Å². The van der Waals surface area contributed by atoms with Gasteiger partial charge in [0, 0.05) is 31.9 Å². The molecule has 0 saturated carbocycles. The number of sulfone groups is 1. The van der Waals surface area contributed by atoms with E-state index in [0.717, 1.165) is 39.4 Å². The molecule has 0 aromatic heterocycles. The van der Waals surface area contributed by atoms with Crippen LogP contribution in [0.2, 0.25) is 0 Å². The fourth-order valence-corrected chi connectivity index (χ4v) is 2.59. The summed E-state index contributed by atoms with van der Waals surface area (Å²) >= 11 is 0. The molecule has 1 atom stereocenters. The van der Waals surface area contributed by atoms with E-state index in [2.05, 4.69) is 17.1 Å². The molecule has 1 saturated heterocycles. The molecule has 1 aliphatic rings. The number of hydrogen-bond donors (Lipinski definition) is 1. The Balaban J connectivity index is 2.06. The summed E-state index contributed by atoms with van der Waals surface area (Å²) in [7, 11) is -2.82. The number of nitrogens with zero attached hydrogens (tertiary/aromatic N) is 1. The maximum Gasteiger partial charge on any atom is 0.147 e. The zero-order valence-electron chi connectivity index (χ0n) is 10.8. The van der Waals surface area contributed by atoms with E-state index in [4.69, 9.17) is 4.74 Å². The summed E-state index contributed by atoms with van der Waals surface area (Å²) in [6.07, 6.45) is 1.97. The van der Waals surface area contributed by atoms with Crippen LogP contribution in [0.15, 0.2) is 0 Å². The van der Waals surface area contributed by atoms with Gasteiger partial charge >= 0.3 is 0 Å². The van der Waals surface area contributed by atoms with E-state index in [1.54, 1.807) is 0 Å². The summed E-state index contributed by atoms with van der Waals surface area (Å²) in [6, 6.07) is 0.396. The van der Waals surface area contributed by atoms with Gasteiger partial charge in [0.25, 0.3) is 0 Å². The Bertz CT molecular complexity index is 300. The van der Waals surface area contributed by atoms with Gasteiger partial charge in [0.1, 0.15) is 9.84 Å². The molecule has 0 amide bonds. The molecule has 0 aromatic rings. The Kier molecular flexibility index (Phi) is 6.40. The molecular weight excluding hydrogens is 240 g/mol. The lowest BCUT2D eigenvalue weighted by atomic mass is 10.3. The summed E-state index contributed by atoms with van der Waals surface area (Å²) < 4.78 is 27.2. The SMILES string of the molecule is CC(CN1CCOCC1)NCCCS(C)(=O)=O. The highest BCUT2D eigenvalue weighted by Crippen LogP contribution is 1.98. The van der Waals surface area contributed by atoms with Crippen LogP contribution in [0, 0.1) is 0 Å². The summed E-state index contributed by atoms with van der Waals surface area (Å²) in [6.45, 7) is 7.53. The van der Waals surface area contributed by atoms with Gasteiger partial charge in [-0.25, -0.2) is 8.42 Å². The maximum atomic E-state index is 10.9. The lowest BCUT2D eigenvalue weighted by Gasteiger charge is -2.29. The van der Waals surface area contributed by atoms with Crippen LogP contribution in [0.3, 0.4) is 0 Å². The molecule has 1 fully saturated rings. The summed E-state index contributed by atoms with van der Waals surface area (Å²) in [5.74, 6) is 0.268. The fourth-order valence-electron chi connectivity index (χ4n) is 1.92. The third-order valence-electron chi connectivity index (χ3n) is 2.82. The first kappa shape index (κ1) is 14.9. The quantitative estimate of drug-likeness (QED) is 0.642. The fraction of sp³-hybridized carbons (Fsp3) is 1.00. The zero-order valence-corrected chi connectivity index (χ0v) is 11.6. The Morgan fingerprint density at radius 1 is 1.35 bits per heavy atom. The molecule has 5 nitrogen and oxygen atoms in total. The van der Waals surface area contributed by atoms with Crippen LogP contribution < -0.4 is 5.32 Å². The molecule has 0 spiro atoms. The normalized spacial score (nSPS) is 20.4. The van der Waals surface area contributed by atoms with Crippen LogP contribution in [0.25, 0.3) is 0 Å². The van der Waals surface area contributed by atoms with Crippen molar-refractivity contribution in [3.8, 4) is 0 Å². The van der Waals surface area contributed by atoms with Crippen molar-refractivity contribution in [2.45, 2.75) is 19.4 Å². The second kappa shape index (κ2) is 7.31. The predicted octanol–water partition coefficient (Wildman–Crippen LogP) is -0.269. The lowest BCUT2D eigenvalue weighted by molar-refractivity contribution is 0.0344. The van der Waals surface area contributed by atoms with Crippen molar-refractivity contribution in [2.24, 2.45) is 0 Å². The average molecular weight is 264 g/mol. The molecule has 1 N–H and O–H groups in total. The number of nitrogens with one attached hydrogen (secondary N) is 1. The van der Waals surface area contributed by atoms with Gasteiger partial charge in [0.05, 0.1) is 19.0 Å². The van der Waals surface area contributed by atoms with Crippen molar-refractivity contribution >= 4 is 9.84 Å². The second-order valence-corrected chi connectivity index (χ2v) is 7.01. The number of hydrogen-bond acceptors (Lipinski definition) is 5. The standard InChI is InChI=1S/C11H24N2O3S/c1-11(10-13-5-7-16-8-6-13)12-4-3-9-17(2,14)15/h11-12H,3-10H2,1-2H3. The van der Waals surface area contributed by atoms with E-state index in [9.17, 15) is 8.42 Å². The zero-order chi connectivity index (χ0) is 12.7. The third-order valence-corrected chi connectivity index (χ3v) is 3.85. The van der Waals surface area contributed by atoms with E-state index in [1.165, 1.54) is 6.26 Å². The minimum Gasteiger partial charge on any atom is -0.379 e. The van der Waals surface area contributed by atoms with Crippen molar-refractivity contribution < 1.29 is 13.2 Å².